The first-order valence-corrected chi connectivity index (χ1v) is 9.33. The number of carbonyl (C=O) groups is 1. The lowest BCUT2D eigenvalue weighted by molar-refractivity contribution is -0.0410. The predicted octanol–water partition coefficient (Wildman–Crippen LogP) is 3.57. The fourth-order valence-electron chi connectivity index (χ4n) is 3.44. The number of morpholine rings is 1. The highest BCUT2D eigenvalue weighted by atomic mass is 16.5. The summed E-state index contributed by atoms with van der Waals surface area (Å²) in [7, 11) is 0. The molecule has 2 atom stereocenters. The first-order chi connectivity index (χ1) is 13.6. The third-order valence-electron chi connectivity index (χ3n) is 5.01. The van der Waals surface area contributed by atoms with E-state index in [1.807, 2.05) is 48.2 Å². The van der Waals surface area contributed by atoms with Gasteiger partial charge in [-0.05, 0) is 43.2 Å². The molecule has 28 heavy (non-hydrogen) atoms. The third-order valence-corrected chi connectivity index (χ3v) is 5.01. The maximum Gasteiger partial charge on any atom is 0.322 e. The van der Waals surface area contributed by atoms with Crippen LogP contribution in [0.3, 0.4) is 0 Å². The Bertz CT molecular complexity index is 957. The second-order valence-electron chi connectivity index (χ2n) is 7.01. The molecule has 2 amide bonds. The summed E-state index contributed by atoms with van der Waals surface area (Å²) in [6.45, 7) is 5.09. The van der Waals surface area contributed by atoms with Crippen LogP contribution in [0.15, 0.2) is 60.9 Å². The lowest BCUT2D eigenvalue weighted by Crippen LogP contribution is -2.50. The van der Waals surface area contributed by atoms with Gasteiger partial charge in [0, 0.05) is 5.69 Å². The highest BCUT2D eigenvalue weighted by Gasteiger charge is 2.31. The Labute approximate surface area is 163 Å². The van der Waals surface area contributed by atoms with Crippen molar-refractivity contribution in [2.45, 2.75) is 26.0 Å². The molecule has 0 saturated carbocycles. The van der Waals surface area contributed by atoms with E-state index in [9.17, 15) is 4.79 Å². The molecule has 1 aliphatic heterocycles. The van der Waals surface area contributed by atoms with Crippen molar-refractivity contribution in [3.05, 3.63) is 72.1 Å². The number of hydrogen-bond acceptors (Lipinski definition) is 4. The molecule has 144 valence electrons. The van der Waals surface area contributed by atoms with E-state index in [2.05, 4.69) is 34.7 Å². The normalized spacial score (nSPS) is 19.4. The van der Waals surface area contributed by atoms with Crippen molar-refractivity contribution in [3.63, 3.8) is 0 Å². The molecule has 1 aliphatic rings. The van der Waals surface area contributed by atoms with Gasteiger partial charge >= 0.3 is 6.03 Å². The molecular formula is C21H23N5O2. The van der Waals surface area contributed by atoms with Gasteiger partial charge in [-0.1, -0.05) is 35.5 Å². The summed E-state index contributed by atoms with van der Waals surface area (Å²) < 4.78 is 7.67. The minimum atomic E-state index is -0.134. The van der Waals surface area contributed by atoms with E-state index in [1.54, 1.807) is 17.1 Å². The number of carbonyl (C=O) groups excluding carboxylic acids is 1. The largest absolute Gasteiger partial charge is 0.370 e. The van der Waals surface area contributed by atoms with Crippen LogP contribution in [0, 0.1) is 6.92 Å². The van der Waals surface area contributed by atoms with Gasteiger partial charge in [0.2, 0.25) is 0 Å². The number of aromatic nitrogens is 3. The Hall–Kier alpha value is -3.19. The molecule has 4 rings (SSSR count). The maximum atomic E-state index is 13.0. The van der Waals surface area contributed by atoms with Gasteiger partial charge in [0.1, 0.15) is 6.10 Å². The molecule has 0 bridgehead atoms. The number of anilines is 1. The third kappa shape index (κ3) is 3.75. The molecule has 3 aromatic rings. The van der Waals surface area contributed by atoms with Crippen molar-refractivity contribution in [2.24, 2.45) is 0 Å². The predicted molar refractivity (Wildman–Crippen MR) is 106 cm³/mol. The van der Waals surface area contributed by atoms with Crippen LogP contribution < -0.4 is 5.32 Å². The van der Waals surface area contributed by atoms with Crippen molar-refractivity contribution in [2.75, 3.05) is 18.5 Å². The van der Waals surface area contributed by atoms with Crippen LogP contribution in [-0.2, 0) is 4.74 Å². The number of benzene rings is 2. The van der Waals surface area contributed by atoms with E-state index in [0.29, 0.717) is 18.8 Å². The van der Waals surface area contributed by atoms with Crippen LogP contribution in [0.25, 0.3) is 5.69 Å². The Balaban J connectivity index is 1.49. The molecule has 2 heterocycles. The van der Waals surface area contributed by atoms with Crippen molar-refractivity contribution in [1.29, 1.82) is 0 Å². The lowest BCUT2D eigenvalue weighted by atomic mass is 10.0. The molecule has 0 radical (unpaired) electrons. The average molecular weight is 377 g/mol. The molecule has 2 aromatic carbocycles. The molecule has 1 fully saturated rings. The van der Waals surface area contributed by atoms with Crippen LogP contribution in [0.4, 0.5) is 10.5 Å². The summed E-state index contributed by atoms with van der Waals surface area (Å²) >= 11 is 0. The number of ether oxygens (including phenoxy) is 1. The molecule has 1 aromatic heterocycles. The lowest BCUT2D eigenvalue weighted by Gasteiger charge is -2.38. The second kappa shape index (κ2) is 7.82. The average Bonchev–Trinajstić information content (AvgIpc) is 3.24. The van der Waals surface area contributed by atoms with Crippen LogP contribution >= 0.6 is 0 Å². The van der Waals surface area contributed by atoms with E-state index >= 15 is 0 Å². The molecule has 0 unspecified atom stereocenters. The Morgan fingerprint density at radius 1 is 1.21 bits per heavy atom. The molecule has 0 aliphatic carbocycles. The minimum Gasteiger partial charge on any atom is -0.370 e. The van der Waals surface area contributed by atoms with Gasteiger partial charge in [-0.25, -0.2) is 9.48 Å². The molecule has 7 heteroatoms. The summed E-state index contributed by atoms with van der Waals surface area (Å²) in [6.07, 6.45) is 3.26. The number of amides is 2. The van der Waals surface area contributed by atoms with Gasteiger partial charge in [-0.15, -0.1) is 5.10 Å². The SMILES string of the molecule is Cc1ccccc1[C@@H]1CN(C(=O)Nc2cccc(-n3ccnn3)c2)[C@H](C)CO1. The number of hydrogen-bond donors (Lipinski definition) is 1. The molecule has 7 nitrogen and oxygen atoms in total. The van der Waals surface area contributed by atoms with Crippen molar-refractivity contribution < 1.29 is 9.53 Å². The summed E-state index contributed by atoms with van der Waals surface area (Å²) in [5.41, 5.74) is 3.84. The number of rotatable bonds is 3. The molecule has 0 spiro atoms. The number of nitrogens with one attached hydrogen (secondary N) is 1. The molecule has 1 N–H and O–H groups in total. The Morgan fingerprint density at radius 3 is 2.86 bits per heavy atom. The van der Waals surface area contributed by atoms with Gasteiger partial charge in [0.15, 0.2) is 0 Å². The first kappa shape index (κ1) is 18.2. The topological polar surface area (TPSA) is 72.3 Å². The van der Waals surface area contributed by atoms with E-state index in [4.69, 9.17) is 4.74 Å². The van der Waals surface area contributed by atoms with E-state index in [-0.39, 0.29) is 18.2 Å². The van der Waals surface area contributed by atoms with E-state index in [0.717, 1.165) is 11.3 Å². The highest BCUT2D eigenvalue weighted by molar-refractivity contribution is 5.90. The zero-order chi connectivity index (χ0) is 19.5. The van der Waals surface area contributed by atoms with Crippen LogP contribution in [0.2, 0.25) is 0 Å². The summed E-state index contributed by atoms with van der Waals surface area (Å²) in [5, 5.41) is 10.8. The highest BCUT2D eigenvalue weighted by Crippen LogP contribution is 2.27. The van der Waals surface area contributed by atoms with E-state index < -0.39 is 0 Å². The Morgan fingerprint density at radius 2 is 2.07 bits per heavy atom. The van der Waals surface area contributed by atoms with Crippen LogP contribution in [0.5, 0.6) is 0 Å². The summed E-state index contributed by atoms with van der Waals surface area (Å²) in [6, 6.07) is 15.5. The molecule has 1 saturated heterocycles. The second-order valence-corrected chi connectivity index (χ2v) is 7.01. The number of nitrogens with zero attached hydrogens (tertiary/aromatic N) is 4. The number of aryl methyl sites for hydroxylation is 1. The zero-order valence-electron chi connectivity index (χ0n) is 15.9. The van der Waals surface area contributed by atoms with Gasteiger partial charge in [-0.3, -0.25) is 0 Å². The molecular weight excluding hydrogens is 354 g/mol. The zero-order valence-corrected chi connectivity index (χ0v) is 15.9. The fourth-order valence-corrected chi connectivity index (χ4v) is 3.44. The fraction of sp³-hybridized carbons (Fsp3) is 0.286. The Kier molecular flexibility index (Phi) is 5.08. The van der Waals surface area contributed by atoms with Crippen LogP contribution in [0.1, 0.15) is 24.2 Å². The van der Waals surface area contributed by atoms with Gasteiger partial charge < -0.3 is 15.0 Å². The van der Waals surface area contributed by atoms with E-state index in [1.165, 1.54) is 5.56 Å². The smallest absolute Gasteiger partial charge is 0.322 e. The summed E-state index contributed by atoms with van der Waals surface area (Å²) in [4.78, 5) is 14.8. The summed E-state index contributed by atoms with van der Waals surface area (Å²) in [5.74, 6) is 0. The van der Waals surface area contributed by atoms with Crippen molar-refractivity contribution in [1.82, 2.24) is 19.9 Å². The number of urea groups is 1. The van der Waals surface area contributed by atoms with Gasteiger partial charge in [-0.2, -0.15) is 0 Å². The van der Waals surface area contributed by atoms with Gasteiger partial charge in [0.25, 0.3) is 0 Å². The first-order valence-electron chi connectivity index (χ1n) is 9.33. The van der Waals surface area contributed by atoms with Crippen LogP contribution in [-0.4, -0.2) is 45.1 Å². The van der Waals surface area contributed by atoms with Crippen molar-refractivity contribution in [3.8, 4) is 5.69 Å². The maximum absolute atomic E-state index is 13.0. The minimum absolute atomic E-state index is 0.00114. The quantitative estimate of drug-likeness (QED) is 0.757. The standard InChI is InChI=1S/C21H23N5O2/c1-15-6-3-4-9-19(15)20-13-25(16(2)14-28-20)21(27)23-17-7-5-8-18(12-17)26-11-10-22-24-26/h3-12,16,20H,13-14H2,1-2H3,(H,23,27)/t16-,20+/m1/s1. The monoisotopic (exact) mass is 377 g/mol. The van der Waals surface area contributed by atoms with Crippen molar-refractivity contribution >= 4 is 11.7 Å². The van der Waals surface area contributed by atoms with Gasteiger partial charge in [0.05, 0.1) is 37.3 Å².